The Morgan fingerprint density at radius 3 is 1.31 bits per heavy atom. The zero-order valence-electron chi connectivity index (χ0n) is 38.9. The summed E-state index contributed by atoms with van der Waals surface area (Å²) >= 11 is 3.29. The van der Waals surface area contributed by atoms with Gasteiger partial charge in [-0.1, -0.05) is 23.4 Å². The van der Waals surface area contributed by atoms with Gasteiger partial charge in [-0.15, -0.1) is 0 Å². The molecule has 0 radical (unpaired) electrons. The van der Waals surface area contributed by atoms with E-state index in [9.17, 15) is 28.8 Å². The Bertz CT molecular complexity index is 1250. The molecule has 2 aliphatic heterocycles. The first-order valence-corrected chi connectivity index (χ1v) is 22.8. The van der Waals surface area contributed by atoms with Crippen LogP contribution >= 0.6 is 15.9 Å². The van der Waals surface area contributed by atoms with Gasteiger partial charge in [0.25, 0.3) is 0 Å². The van der Waals surface area contributed by atoms with Crippen LogP contribution in [0, 0.1) is 0 Å². The number of ketones is 2. The van der Waals surface area contributed by atoms with Gasteiger partial charge >= 0.3 is 23.9 Å². The van der Waals surface area contributed by atoms with Gasteiger partial charge in [0.15, 0.2) is 0 Å². The number of carbonyl (C=O) groups is 6. The molecule has 0 aromatic heterocycles. The number of carbonyl (C=O) groups excluding carboxylic acids is 6. The second-order valence-electron chi connectivity index (χ2n) is 17.3. The molecule has 358 valence electrons. The number of methoxy groups -OCH3 is 1. The lowest BCUT2D eigenvalue weighted by Crippen LogP contribution is -2.41. The van der Waals surface area contributed by atoms with E-state index < -0.39 is 11.2 Å². The SMILES string of the molecule is C.CC(=O)CN1CCNCCN(CC(=O)OC(C)(C)C)CC1.CCOC(=O)CCCCBr.COC(=O)CCCCN1CCN(CC(C)=O)CCN(CC(=O)OC(C)(C)C)CC1. The van der Waals surface area contributed by atoms with E-state index >= 15 is 0 Å². The van der Waals surface area contributed by atoms with E-state index in [0.29, 0.717) is 39.1 Å². The smallest absolute Gasteiger partial charge is 0.320 e. The number of Topliss-reactive ketones (excluding diaryl/α,β-unsaturated/α-hetero) is 2. The molecule has 2 fully saturated rings. The number of rotatable bonds is 18. The van der Waals surface area contributed by atoms with Crippen molar-refractivity contribution in [1.82, 2.24) is 29.8 Å². The van der Waals surface area contributed by atoms with Crippen molar-refractivity contribution >= 4 is 51.4 Å². The molecule has 61 heavy (non-hydrogen) atoms. The third-order valence-electron chi connectivity index (χ3n) is 8.98. The molecular formula is C44H85BrN6O10. The van der Waals surface area contributed by atoms with Gasteiger partial charge in [-0.2, -0.15) is 0 Å². The first kappa shape index (κ1) is 60.5. The summed E-state index contributed by atoms with van der Waals surface area (Å²) in [4.78, 5) is 79.8. The Morgan fingerprint density at radius 2 is 0.918 bits per heavy atom. The minimum atomic E-state index is -0.497. The Morgan fingerprint density at radius 1 is 0.541 bits per heavy atom. The summed E-state index contributed by atoms with van der Waals surface area (Å²) in [6.07, 6.45) is 4.66. The summed E-state index contributed by atoms with van der Waals surface area (Å²) in [5.41, 5.74) is -0.946. The number of unbranched alkanes of at least 4 members (excludes halogenated alkanes) is 2. The molecule has 16 nitrogen and oxygen atoms in total. The molecular weight excluding hydrogens is 852 g/mol. The minimum Gasteiger partial charge on any atom is -0.469 e. The highest BCUT2D eigenvalue weighted by atomic mass is 79.9. The van der Waals surface area contributed by atoms with Crippen molar-refractivity contribution in [1.29, 1.82) is 0 Å². The van der Waals surface area contributed by atoms with Crippen LogP contribution in [0.5, 0.6) is 0 Å². The molecule has 0 unspecified atom stereocenters. The Balaban J connectivity index is 0. The minimum absolute atomic E-state index is 0. The van der Waals surface area contributed by atoms with Crippen molar-refractivity contribution in [3.05, 3.63) is 0 Å². The maximum Gasteiger partial charge on any atom is 0.320 e. The maximum atomic E-state index is 12.3. The topological polar surface area (TPSA) is 168 Å². The van der Waals surface area contributed by atoms with Gasteiger partial charge in [-0.3, -0.25) is 48.4 Å². The maximum absolute atomic E-state index is 12.3. The van der Waals surface area contributed by atoms with Crippen LogP contribution in [-0.2, 0) is 47.7 Å². The Hall–Kier alpha value is -2.54. The van der Waals surface area contributed by atoms with E-state index in [4.69, 9.17) is 18.9 Å². The number of hydrogen-bond acceptors (Lipinski definition) is 16. The van der Waals surface area contributed by atoms with E-state index in [2.05, 4.69) is 45.7 Å². The average molecular weight is 938 g/mol. The van der Waals surface area contributed by atoms with Crippen LogP contribution < -0.4 is 5.32 Å². The van der Waals surface area contributed by atoms with E-state index in [0.717, 1.165) is 116 Å². The molecule has 0 aromatic rings. The normalized spacial score (nSPS) is 16.7. The molecule has 0 spiro atoms. The quantitative estimate of drug-likeness (QED) is 0.0904. The number of halogens is 1. The fourth-order valence-corrected chi connectivity index (χ4v) is 6.59. The first-order chi connectivity index (χ1) is 28.2. The third kappa shape index (κ3) is 37.7. The average Bonchev–Trinajstić information content (AvgIpc) is 3.29. The lowest BCUT2D eigenvalue weighted by molar-refractivity contribution is -0.157. The van der Waals surface area contributed by atoms with Crippen molar-refractivity contribution in [3.63, 3.8) is 0 Å². The zero-order chi connectivity index (χ0) is 45.6. The summed E-state index contributed by atoms with van der Waals surface area (Å²) in [6, 6.07) is 0. The summed E-state index contributed by atoms with van der Waals surface area (Å²) < 4.78 is 20.3. The molecule has 0 atom stereocenters. The molecule has 0 aromatic carbocycles. The highest BCUT2D eigenvalue weighted by Crippen LogP contribution is 2.10. The molecule has 2 saturated heterocycles. The van der Waals surface area contributed by atoms with Crippen molar-refractivity contribution in [2.24, 2.45) is 0 Å². The second-order valence-corrected chi connectivity index (χ2v) is 18.1. The molecule has 0 amide bonds. The van der Waals surface area contributed by atoms with Crippen molar-refractivity contribution < 1.29 is 47.7 Å². The highest BCUT2D eigenvalue weighted by molar-refractivity contribution is 9.09. The fourth-order valence-electron chi connectivity index (χ4n) is 6.19. The van der Waals surface area contributed by atoms with Crippen LogP contribution in [0.3, 0.4) is 0 Å². The number of nitrogens with one attached hydrogen (secondary N) is 1. The molecule has 2 rings (SSSR count). The summed E-state index contributed by atoms with van der Waals surface area (Å²) in [5.74, 6) is -0.353. The lowest BCUT2D eigenvalue weighted by atomic mass is 10.2. The van der Waals surface area contributed by atoms with E-state index in [1.165, 1.54) is 7.11 Å². The fraction of sp³-hybridized carbons (Fsp3) is 0.864. The van der Waals surface area contributed by atoms with Gasteiger partial charge in [-0.25, -0.2) is 0 Å². The number of alkyl halides is 1. The van der Waals surface area contributed by atoms with Gasteiger partial charge in [0.1, 0.15) is 22.8 Å². The van der Waals surface area contributed by atoms with Crippen LogP contribution in [-0.4, -0.2) is 201 Å². The van der Waals surface area contributed by atoms with Gasteiger partial charge in [0.2, 0.25) is 0 Å². The highest BCUT2D eigenvalue weighted by Gasteiger charge is 2.23. The molecule has 2 aliphatic rings. The van der Waals surface area contributed by atoms with Gasteiger partial charge in [-0.05, 0) is 94.5 Å². The van der Waals surface area contributed by atoms with Crippen LogP contribution in [0.2, 0.25) is 0 Å². The van der Waals surface area contributed by atoms with Crippen molar-refractivity contribution in [3.8, 4) is 0 Å². The molecule has 0 saturated carbocycles. The molecule has 0 aliphatic carbocycles. The van der Waals surface area contributed by atoms with Crippen LogP contribution in [0.25, 0.3) is 0 Å². The van der Waals surface area contributed by atoms with Crippen LogP contribution in [0.1, 0.15) is 108 Å². The summed E-state index contributed by atoms with van der Waals surface area (Å²) in [5, 5.41) is 4.30. The van der Waals surface area contributed by atoms with E-state index in [-0.39, 0.29) is 49.4 Å². The predicted octanol–water partition coefficient (Wildman–Crippen LogP) is 4.06. The Kier molecular flexibility index (Phi) is 34.6. The standard InChI is InChI=1S/C21H39N3O5.C15H29N3O3.C7H13BrO2.CH4/c1-18(25)16-23-12-10-22(9-7-6-8-19(26)28-5)11-13-24(15-14-23)17-20(27)29-21(2,3)4;1-13(19)11-17-7-5-16-6-8-18(10-9-17)12-14(20)21-15(2,3)4;1-2-10-7(9)5-3-4-6-8;/h6-17H2,1-5H3;16H,5-12H2,1-4H3;2-6H2,1H3;1H4. The zero-order valence-corrected chi connectivity index (χ0v) is 40.5. The van der Waals surface area contributed by atoms with Crippen LogP contribution in [0.15, 0.2) is 0 Å². The number of hydrogen-bond donors (Lipinski definition) is 1. The summed E-state index contributed by atoms with van der Waals surface area (Å²) in [6.45, 7) is 28.8. The monoisotopic (exact) mass is 937 g/mol. The predicted molar refractivity (Wildman–Crippen MR) is 245 cm³/mol. The van der Waals surface area contributed by atoms with Crippen molar-refractivity contribution in [2.75, 3.05) is 130 Å². The van der Waals surface area contributed by atoms with E-state index in [1.54, 1.807) is 13.8 Å². The van der Waals surface area contributed by atoms with Gasteiger partial charge < -0.3 is 29.2 Å². The van der Waals surface area contributed by atoms with E-state index in [1.807, 2.05) is 48.5 Å². The van der Waals surface area contributed by atoms with Crippen molar-refractivity contribution in [2.45, 2.75) is 119 Å². The molecule has 2 heterocycles. The Labute approximate surface area is 377 Å². The first-order valence-electron chi connectivity index (χ1n) is 21.7. The largest absolute Gasteiger partial charge is 0.469 e. The molecule has 1 N–H and O–H groups in total. The number of ether oxygens (including phenoxy) is 4. The molecule has 0 bridgehead atoms. The third-order valence-corrected chi connectivity index (χ3v) is 9.54. The summed E-state index contributed by atoms with van der Waals surface area (Å²) in [7, 11) is 1.41. The second kappa shape index (κ2) is 34.9. The molecule has 17 heteroatoms. The number of nitrogens with zero attached hydrogens (tertiary/aromatic N) is 5. The van der Waals surface area contributed by atoms with Gasteiger partial charge in [0.05, 0.1) is 39.9 Å². The lowest BCUT2D eigenvalue weighted by Gasteiger charge is -2.27. The van der Waals surface area contributed by atoms with Gasteiger partial charge in [0, 0.05) is 96.7 Å². The number of esters is 4. The van der Waals surface area contributed by atoms with Crippen LogP contribution in [0.4, 0.5) is 0 Å².